The van der Waals surface area contributed by atoms with Crippen LogP contribution < -0.4 is 20.1 Å². The summed E-state index contributed by atoms with van der Waals surface area (Å²) in [7, 11) is 0. The lowest BCUT2D eigenvalue weighted by molar-refractivity contribution is 0.0679. The molecule has 1 heterocycles. The normalized spacial score (nSPS) is 15.3. The van der Waals surface area contributed by atoms with E-state index in [0.717, 1.165) is 30.9 Å². The maximum absolute atomic E-state index is 12.5. The highest BCUT2D eigenvalue weighted by atomic mass is 32.1. The molecule has 0 saturated carbocycles. The van der Waals surface area contributed by atoms with E-state index in [4.69, 9.17) is 31.2 Å². The van der Waals surface area contributed by atoms with Gasteiger partial charge in [-0.3, -0.25) is 10.1 Å². The molecular formula is C23H28N2O5S. The maximum Gasteiger partial charge on any atom is 0.257 e. The van der Waals surface area contributed by atoms with E-state index in [2.05, 4.69) is 10.6 Å². The molecule has 1 fully saturated rings. The molecule has 8 heteroatoms. The van der Waals surface area contributed by atoms with Crippen molar-refractivity contribution in [3.05, 3.63) is 54.1 Å². The number of hydrogen-bond donors (Lipinski definition) is 2. The summed E-state index contributed by atoms with van der Waals surface area (Å²) in [5.74, 6) is 1.05. The van der Waals surface area contributed by atoms with Gasteiger partial charge in [-0.2, -0.15) is 0 Å². The van der Waals surface area contributed by atoms with Gasteiger partial charge in [-0.05, 0) is 74.4 Å². The van der Waals surface area contributed by atoms with Gasteiger partial charge in [-0.25, -0.2) is 0 Å². The molecule has 0 radical (unpaired) electrons. The number of thiocarbonyl (C=S) groups is 1. The number of carbonyl (C=O) groups excluding carboxylic acids is 1. The quantitative estimate of drug-likeness (QED) is 0.426. The predicted octanol–water partition coefficient (Wildman–Crippen LogP) is 3.79. The van der Waals surface area contributed by atoms with E-state index in [1.807, 2.05) is 31.2 Å². The van der Waals surface area contributed by atoms with Crippen molar-refractivity contribution in [3.63, 3.8) is 0 Å². The second kappa shape index (κ2) is 12.2. The van der Waals surface area contributed by atoms with Crippen molar-refractivity contribution >= 4 is 28.9 Å². The summed E-state index contributed by atoms with van der Waals surface area (Å²) in [5.41, 5.74) is 1.21. The first-order valence-corrected chi connectivity index (χ1v) is 10.8. The molecule has 0 aliphatic carbocycles. The van der Waals surface area contributed by atoms with Crippen LogP contribution in [0.4, 0.5) is 5.69 Å². The molecular weight excluding hydrogens is 416 g/mol. The van der Waals surface area contributed by atoms with E-state index in [1.54, 1.807) is 24.3 Å². The molecule has 1 unspecified atom stereocenters. The molecule has 31 heavy (non-hydrogen) atoms. The van der Waals surface area contributed by atoms with Crippen LogP contribution in [0.2, 0.25) is 0 Å². The largest absolute Gasteiger partial charge is 0.491 e. The minimum atomic E-state index is -0.315. The highest BCUT2D eigenvalue weighted by molar-refractivity contribution is 7.80. The molecule has 1 saturated heterocycles. The summed E-state index contributed by atoms with van der Waals surface area (Å²) in [6.07, 6.45) is 2.30. The van der Waals surface area contributed by atoms with Gasteiger partial charge in [0.05, 0.1) is 12.7 Å². The average molecular weight is 445 g/mol. The van der Waals surface area contributed by atoms with Crippen LogP contribution in [-0.2, 0) is 9.47 Å². The van der Waals surface area contributed by atoms with Crippen molar-refractivity contribution in [2.75, 3.05) is 38.4 Å². The minimum absolute atomic E-state index is 0.175. The Bertz CT molecular complexity index is 853. The Hall–Kier alpha value is -2.68. The second-order valence-corrected chi connectivity index (χ2v) is 7.36. The van der Waals surface area contributed by atoms with Gasteiger partial charge >= 0.3 is 0 Å². The first kappa shape index (κ1) is 23.0. The molecule has 1 aliphatic heterocycles. The smallest absolute Gasteiger partial charge is 0.257 e. The fourth-order valence-corrected chi connectivity index (χ4v) is 3.24. The van der Waals surface area contributed by atoms with Crippen molar-refractivity contribution in [1.29, 1.82) is 0 Å². The van der Waals surface area contributed by atoms with Gasteiger partial charge in [0.15, 0.2) is 5.11 Å². The summed E-state index contributed by atoms with van der Waals surface area (Å²) in [6.45, 7) is 4.85. The Morgan fingerprint density at radius 1 is 1.13 bits per heavy atom. The topological polar surface area (TPSA) is 78.1 Å². The molecule has 0 spiro atoms. The third-order valence-electron chi connectivity index (χ3n) is 4.60. The number of nitrogens with one attached hydrogen (secondary N) is 2. The molecule has 1 amide bonds. The predicted molar refractivity (Wildman–Crippen MR) is 123 cm³/mol. The fourth-order valence-electron chi connectivity index (χ4n) is 3.03. The van der Waals surface area contributed by atoms with Gasteiger partial charge in [0.25, 0.3) is 5.91 Å². The molecule has 0 aromatic heterocycles. The first-order valence-electron chi connectivity index (χ1n) is 10.4. The summed E-state index contributed by atoms with van der Waals surface area (Å²) in [5, 5.41) is 5.89. The highest BCUT2D eigenvalue weighted by Gasteiger charge is 2.16. The van der Waals surface area contributed by atoms with Crippen molar-refractivity contribution in [2.24, 2.45) is 0 Å². The van der Waals surface area contributed by atoms with E-state index in [1.165, 1.54) is 0 Å². The Labute approximate surface area is 188 Å². The monoisotopic (exact) mass is 444 g/mol. The number of anilines is 1. The lowest BCUT2D eigenvalue weighted by Gasteiger charge is -2.13. The van der Waals surface area contributed by atoms with Gasteiger partial charge in [0.2, 0.25) is 0 Å². The van der Waals surface area contributed by atoms with E-state index in [9.17, 15) is 4.79 Å². The van der Waals surface area contributed by atoms with Crippen LogP contribution in [0.25, 0.3) is 0 Å². The van der Waals surface area contributed by atoms with E-state index in [-0.39, 0.29) is 17.1 Å². The fraction of sp³-hybridized carbons (Fsp3) is 0.391. The third-order valence-corrected chi connectivity index (χ3v) is 4.80. The summed E-state index contributed by atoms with van der Waals surface area (Å²) >= 11 is 5.26. The number of ether oxygens (including phenoxy) is 4. The zero-order chi connectivity index (χ0) is 21.9. The zero-order valence-electron chi connectivity index (χ0n) is 17.6. The Balaban J connectivity index is 1.44. The number of benzene rings is 2. The van der Waals surface area contributed by atoms with Crippen molar-refractivity contribution in [2.45, 2.75) is 25.9 Å². The molecule has 1 atom stereocenters. The van der Waals surface area contributed by atoms with Gasteiger partial charge < -0.3 is 24.3 Å². The number of hydrogen-bond acceptors (Lipinski definition) is 6. The van der Waals surface area contributed by atoms with E-state index >= 15 is 0 Å². The standard InChI is InChI=1S/C23H28N2O5S/c1-2-27-13-14-29-20-6-3-5-17(15-20)22(26)25-23(31)24-18-8-10-19(11-9-18)30-16-21-7-4-12-28-21/h3,5-6,8-11,15,21H,2,4,7,12-14,16H2,1H3,(H2,24,25,26,31). The molecule has 1 aliphatic rings. The van der Waals surface area contributed by atoms with Gasteiger partial charge in [0.1, 0.15) is 24.7 Å². The van der Waals surface area contributed by atoms with Crippen LogP contribution in [0, 0.1) is 0 Å². The van der Waals surface area contributed by atoms with Crippen molar-refractivity contribution in [1.82, 2.24) is 5.32 Å². The molecule has 166 valence electrons. The third kappa shape index (κ3) is 7.82. The Morgan fingerprint density at radius 3 is 2.71 bits per heavy atom. The number of carbonyl (C=O) groups is 1. The van der Waals surface area contributed by atoms with E-state index in [0.29, 0.717) is 37.7 Å². The van der Waals surface area contributed by atoms with Crippen molar-refractivity contribution < 1.29 is 23.7 Å². The van der Waals surface area contributed by atoms with Gasteiger partial charge in [-0.15, -0.1) is 0 Å². The minimum Gasteiger partial charge on any atom is -0.491 e. The number of amides is 1. The van der Waals surface area contributed by atoms with Crippen LogP contribution in [-0.4, -0.2) is 50.2 Å². The Morgan fingerprint density at radius 2 is 1.97 bits per heavy atom. The van der Waals surface area contributed by atoms with Gasteiger partial charge in [0, 0.05) is 24.5 Å². The summed E-state index contributed by atoms with van der Waals surface area (Å²) in [4.78, 5) is 12.5. The van der Waals surface area contributed by atoms with Gasteiger partial charge in [-0.1, -0.05) is 6.07 Å². The lowest BCUT2D eigenvalue weighted by Crippen LogP contribution is -2.34. The molecule has 3 rings (SSSR count). The van der Waals surface area contributed by atoms with E-state index < -0.39 is 0 Å². The van der Waals surface area contributed by atoms with Crippen LogP contribution in [0.5, 0.6) is 11.5 Å². The summed E-state index contributed by atoms with van der Waals surface area (Å²) < 4.78 is 22.1. The number of rotatable bonds is 10. The molecule has 2 aromatic rings. The Kier molecular flexibility index (Phi) is 9.08. The average Bonchev–Trinajstić information content (AvgIpc) is 3.30. The van der Waals surface area contributed by atoms with Crippen LogP contribution in [0.15, 0.2) is 48.5 Å². The van der Waals surface area contributed by atoms with Crippen LogP contribution >= 0.6 is 12.2 Å². The summed E-state index contributed by atoms with van der Waals surface area (Å²) in [6, 6.07) is 14.3. The maximum atomic E-state index is 12.5. The second-order valence-electron chi connectivity index (χ2n) is 6.95. The lowest BCUT2D eigenvalue weighted by atomic mass is 10.2. The molecule has 2 N–H and O–H groups in total. The first-order chi connectivity index (χ1) is 15.1. The SMILES string of the molecule is CCOCCOc1cccc(C(=O)NC(=S)Nc2ccc(OCC3CCCO3)cc2)c1. The molecule has 0 bridgehead atoms. The molecule has 2 aromatic carbocycles. The van der Waals surface area contributed by atoms with Crippen molar-refractivity contribution in [3.8, 4) is 11.5 Å². The van der Waals surface area contributed by atoms with Crippen LogP contribution in [0.1, 0.15) is 30.1 Å². The van der Waals surface area contributed by atoms with Crippen LogP contribution in [0.3, 0.4) is 0 Å². The molecule has 7 nitrogen and oxygen atoms in total. The highest BCUT2D eigenvalue weighted by Crippen LogP contribution is 2.18. The zero-order valence-corrected chi connectivity index (χ0v) is 18.4.